The number of halogens is 2. The summed E-state index contributed by atoms with van der Waals surface area (Å²) in [6.07, 6.45) is 0.188. The molecule has 3 N–H and O–H groups in total. The molecular formula is C11H14F2N2O. The summed E-state index contributed by atoms with van der Waals surface area (Å²) in [5.41, 5.74) is 5.47. The quantitative estimate of drug-likeness (QED) is 0.820. The fraction of sp³-hybridized carbons (Fsp3) is 0.364. The molecule has 0 aliphatic carbocycles. The molecule has 0 aliphatic heterocycles. The molecular weight excluding hydrogens is 214 g/mol. The zero-order chi connectivity index (χ0) is 12.1. The van der Waals surface area contributed by atoms with Crippen molar-refractivity contribution in [3.63, 3.8) is 0 Å². The Morgan fingerprint density at radius 1 is 1.50 bits per heavy atom. The predicted octanol–water partition coefficient (Wildman–Crippen LogP) is 1.49. The van der Waals surface area contributed by atoms with Crippen molar-refractivity contribution in [2.45, 2.75) is 19.4 Å². The monoisotopic (exact) mass is 228 g/mol. The van der Waals surface area contributed by atoms with Gasteiger partial charge in [-0.25, -0.2) is 8.78 Å². The lowest BCUT2D eigenvalue weighted by Crippen LogP contribution is -2.28. The number of hydrogen-bond acceptors (Lipinski definition) is 2. The van der Waals surface area contributed by atoms with E-state index < -0.39 is 17.7 Å². The van der Waals surface area contributed by atoms with Crippen molar-refractivity contribution in [2.24, 2.45) is 5.73 Å². The van der Waals surface area contributed by atoms with Crippen LogP contribution in [0.4, 0.5) is 8.78 Å². The molecule has 1 aromatic rings. The first kappa shape index (κ1) is 12.6. The van der Waals surface area contributed by atoms with Gasteiger partial charge in [0.15, 0.2) is 0 Å². The lowest BCUT2D eigenvalue weighted by molar-refractivity contribution is -0.121. The van der Waals surface area contributed by atoms with E-state index in [4.69, 9.17) is 5.73 Å². The van der Waals surface area contributed by atoms with Gasteiger partial charge in [0.05, 0.1) is 6.04 Å². The highest BCUT2D eigenvalue weighted by Crippen LogP contribution is 2.17. The molecule has 0 bridgehead atoms. The molecule has 1 amide bonds. The Kier molecular flexibility index (Phi) is 4.37. The normalized spacial score (nSPS) is 12.2. The van der Waals surface area contributed by atoms with Gasteiger partial charge in [-0.2, -0.15) is 0 Å². The maximum Gasteiger partial charge on any atom is 0.221 e. The van der Waals surface area contributed by atoms with Crippen LogP contribution in [0.25, 0.3) is 0 Å². The minimum absolute atomic E-state index is 0.188. The van der Waals surface area contributed by atoms with Crippen LogP contribution in [0.1, 0.15) is 24.9 Å². The molecule has 3 nitrogen and oxygen atoms in total. The first-order valence-corrected chi connectivity index (χ1v) is 4.99. The number of rotatable bonds is 4. The zero-order valence-electron chi connectivity index (χ0n) is 8.97. The molecule has 0 saturated heterocycles. The predicted molar refractivity (Wildman–Crippen MR) is 56.6 cm³/mol. The number of hydrogen-bond donors (Lipinski definition) is 2. The van der Waals surface area contributed by atoms with Crippen LogP contribution in [0.15, 0.2) is 18.2 Å². The lowest BCUT2D eigenvalue weighted by atomic mass is 10.1. The molecule has 5 heteroatoms. The lowest BCUT2D eigenvalue weighted by Gasteiger charge is -2.14. The molecule has 16 heavy (non-hydrogen) atoms. The van der Waals surface area contributed by atoms with E-state index in [9.17, 15) is 13.6 Å². The van der Waals surface area contributed by atoms with E-state index in [0.29, 0.717) is 0 Å². The molecule has 1 aromatic carbocycles. The Hall–Kier alpha value is -1.49. The fourth-order valence-corrected chi connectivity index (χ4v) is 1.38. The van der Waals surface area contributed by atoms with Crippen LogP contribution in [0, 0.1) is 11.6 Å². The van der Waals surface area contributed by atoms with Crippen molar-refractivity contribution in [3.8, 4) is 0 Å². The highest BCUT2D eigenvalue weighted by Gasteiger charge is 2.13. The number of amides is 1. The molecule has 1 atom stereocenters. The summed E-state index contributed by atoms with van der Waals surface area (Å²) in [4.78, 5) is 11.2. The van der Waals surface area contributed by atoms with Crippen LogP contribution < -0.4 is 11.1 Å². The van der Waals surface area contributed by atoms with Gasteiger partial charge in [0.25, 0.3) is 0 Å². The second-order valence-corrected chi connectivity index (χ2v) is 3.49. The number of carbonyl (C=O) groups excluding carboxylic acids is 1. The second-order valence-electron chi connectivity index (χ2n) is 3.49. The molecule has 0 spiro atoms. The summed E-state index contributed by atoms with van der Waals surface area (Å²) in [5.74, 6) is -1.55. The van der Waals surface area contributed by atoms with Crippen LogP contribution in [0.2, 0.25) is 0 Å². The van der Waals surface area contributed by atoms with Crippen LogP contribution in [-0.2, 0) is 4.79 Å². The Bertz CT molecular complexity index is 382. The molecule has 1 rings (SSSR count). The summed E-state index contributed by atoms with van der Waals surface area (Å²) in [7, 11) is 0. The maximum absolute atomic E-state index is 13.3. The summed E-state index contributed by atoms with van der Waals surface area (Å²) in [6.45, 7) is 1.87. The van der Waals surface area contributed by atoms with Gasteiger partial charge in [-0.05, 0) is 13.0 Å². The Balaban J connectivity index is 2.72. The van der Waals surface area contributed by atoms with Gasteiger partial charge in [0, 0.05) is 24.6 Å². The Labute approximate surface area is 92.6 Å². The topological polar surface area (TPSA) is 55.1 Å². The first-order valence-electron chi connectivity index (χ1n) is 4.99. The second kappa shape index (κ2) is 5.55. The summed E-state index contributed by atoms with van der Waals surface area (Å²) < 4.78 is 26.0. The van der Waals surface area contributed by atoms with E-state index in [1.54, 1.807) is 6.92 Å². The highest BCUT2D eigenvalue weighted by molar-refractivity contribution is 5.76. The Morgan fingerprint density at radius 3 is 2.75 bits per heavy atom. The van der Waals surface area contributed by atoms with Gasteiger partial charge < -0.3 is 11.1 Å². The molecule has 0 aromatic heterocycles. The first-order chi connectivity index (χ1) is 7.54. The third-order valence-electron chi connectivity index (χ3n) is 2.18. The number of benzene rings is 1. The maximum atomic E-state index is 13.3. The molecule has 0 saturated carbocycles. The van der Waals surface area contributed by atoms with Crippen LogP contribution >= 0.6 is 0 Å². The number of nitrogens with two attached hydrogens (primary N) is 1. The van der Waals surface area contributed by atoms with Gasteiger partial charge in [0.2, 0.25) is 5.91 Å². The van der Waals surface area contributed by atoms with Crippen LogP contribution in [0.5, 0.6) is 0 Å². The smallest absolute Gasteiger partial charge is 0.221 e. The number of carbonyl (C=O) groups is 1. The molecule has 0 fully saturated rings. The average Bonchev–Trinajstić information content (AvgIpc) is 2.17. The minimum atomic E-state index is -0.666. The fourth-order valence-electron chi connectivity index (χ4n) is 1.38. The van der Waals surface area contributed by atoms with Crippen LogP contribution in [-0.4, -0.2) is 12.5 Å². The third-order valence-corrected chi connectivity index (χ3v) is 2.18. The van der Waals surface area contributed by atoms with E-state index in [2.05, 4.69) is 5.32 Å². The van der Waals surface area contributed by atoms with E-state index in [-0.39, 0.29) is 24.4 Å². The summed E-state index contributed by atoms with van der Waals surface area (Å²) in [6, 6.07) is 2.77. The van der Waals surface area contributed by atoms with Gasteiger partial charge in [-0.1, -0.05) is 6.07 Å². The van der Waals surface area contributed by atoms with Gasteiger partial charge >= 0.3 is 0 Å². The molecule has 88 valence electrons. The van der Waals surface area contributed by atoms with Crippen molar-refractivity contribution in [1.29, 1.82) is 0 Å². The van der Waals surface area contributed by atoms with Crippen molar-refractivity contribution in [2.75, 3.05) is 6.54 Å². The largest absolute Gasteiger partial charge is 0.349 e. The van der Waals surface area contributed by atoms with Crippen LogP contribution in [0.3, 0.4) is 0 Å². The van der Waals surface area contributed by atoms with E-state index in [0.717, 1.165) is 12.1 Å². The Morgan fingerprint density at radius 2 is 2.19 bits per heavy atom. The number of nitrogens with one attached hydrogen (secondary N) is 1. The molecule has 1 unspecified atom stereocenters. The molecule has 0 heterocycles. The van der Waals surface area contributed by atoms with Crippen molar-refractivity contribution < 1.29 is 13.6 Å². The average molecular weight is 228 g/mol. The van der Waals surface area contributed by atoms with E-state index >= 15 is 0 Å². The van der Waals surface area contributed by atoms with Gasteiger partial charge in [-0.15, -0.1) is 0 Å². The zero-order valence-corrected chi connectivity index (χ0v) is 8.97. The van der Waals surface area contributed by atoms with Gasteiger partial charge in [-0.3, -0.25) is 4.79 Å². The summed E-state index contributed by atoms with van der Waals surface area (Å²) in [5, 5.41) is 2.58. The van der Waals surface area contributed by atoms with Crippen molar-refractivity contribution in [1.82, 2.24) is 5.32 Å². The highest BCUT2D eigenvalue weighted by atomic mass is 19.1. The van der Waals surface area contributed by atoms with Crippen molar-refractivity contribution >= 4 is 5.91 Å². The van der Waals surface area contributed by atoms with Crippen molar-refractivity contribution in [3.05, 3.63) is 35.4 Å². The molecule has 0 aliphatic rings. The molecule has 0 radical (unpaired) electrons. The standard InChI is InChI=1S/C11H14F2N2O/c1-7(15-11(16)4-5-14)9-3-2-8(12)6-10(9)13/h2-3,6-7H,4-5,14H2,1H3,(H,15,16). The van der Waals surface area contributed by atoms with Gasteiger partial charge in [0.1, 0.15) is 11.6 Å². The summed E-state index contributed by atoms with van der Waals surface area (Å²) >= 11 is 0. The minimum Gasteiger partial charge on any atom is -0.349 e. The third kappa shape index (κ3) is 3.27. The van der Waals surface area contributed by atoms with E-state index in [1.165, 1.54) is 6.07 Å². The van der Waals surface area contributed by atoms with E-state index in [1.807, 2.05) is 0 Å². The SMILES string of the molecule is CC(NC(=O)CCN)c1ccc(F)cc1F.